The van der Waals surface area contributed by atoms with Crippen LogP contribution in [0.1, 0.15) is 65.6 Å². The van der Waals surface area contributed by atoms with Crippen molar-refractivity contribution in [2.24, 2.45) is 23.7 Å². The molecule has 14 nitrogen and oxygen atoms in total. The monoisotopic (exact) mass is 656 g/mol. The van der Waals surface area contributed by atoms with Crippen molar-refractivity contribution in [3.05, 3.63) is 106 Å². The minimum absolute atomic E-state index is 0.00934. The molecule has 0 amide bonds. The SMILES string of the molecule is CC(=O)OC1=CC=CC2C(=O)c3cc(C(=O)O)cc(OC(C)=O)c3C(=O)C12.O=C(O)C1=CC2C(=O)c3cccc(O)c3C(=O)C2C(O)=C1. The second-order valence-corrected chi connectivity index (χ2v) is 11.0. The van der Waals surface area contributed by atoms with Gasteiger partial charge in [0, 0.05) is 25.0 Å². The molecule has 4 unspecified atom stereocenters. The maximum absolute atomic E-state index is 13.1. The van der Waals surface area contributed by atoms with Crippen LogP contribution in [0.4, 0.5) is 0 Å². The number of aliphatic carboxylic acids is 1. The number of ether oxygens (including phenoxy) is 2. The van der Waals surface area contributed by atoms with Gasteiger partial charge >= 0.3 is 23.9 Å². The summed E-state index contributed by atoms with van der Waals surface area (Å²) in [5, 5.41) is 37.9. The van der Waals surface area contributed by atoms with E-state index in [1.807, 2.05) is 0 Å². The van der Waals surface area contributed by atoms with Crippen molar-refractivity contribution in [3.8, 4) is 11.5 Å². The number of rotatable bonds is 4. The number of carboxylic acids is 2. The molecule has 0 heterocycles. The number of aromatic carboxylic acids is 1. The summed E-state index contributed by atoms with van der Waals surface area (Å²) in [7, 11) is 0. The van der Waals surface area contributed by atoms with Crippen LogP contribution >= 0.6 is 0 Å². The summed E-state index contributed by atoms with van der Waals surface area (Å²) < 4.78 is 10.1. The highest BCUT2D eigenvalue weighted by Crippen LogP contribution is 2.43. The van der Waals surface area contributed by atoms with Gasteiger partial charge in [-0.3, -0.25) is 28.8 Å². The molecule has 0 saturated heterocycles. The van der Waals surface area contributed by atoms with E-state index in [0.29, 0.717) is 0 Å². The molecule has 0 bridgehead atoms. The van der Waals surface area contributed by atoms with Crippen molar-refractivity contribution in [2.45, 2.75) is 13.8 Å². The Morgan fingerprint density at radius 3 is 2.00 bits per heavy atom. The van der Waals surface area contributed by atoms with E-state index in [2.05, 4.69) is 0 Å². The van der Waals surface area contributed by atoms with Crippen LogP contribution in [0.25, 0.3) is 0 Å². The lowest BCUT2D eigenvalue weighted by Gasteiger charge is -2.32. The molecule has 2 aromatic carbocycles. The summed E-state index contributed by atoms with van der Waals surface area (Å²) in [4.78, 5) is 96.0. The largest absolute Gasteiger partial charge is 0.511 e. The highest BCUT2D eigenvalue weighted by atomic mass is 16.5. The number of ketones is 4. The number of hydrogen-bond donors (Lipinski definition) is 4. The Hall–Kier alpha value is -6.44. The third-order valence-electron chi connectivity index (χ3n) is 7.93. The summed E-state index contributed by atoms with van der Waals surface area (Å²) >= 11 is 0. The number of esters is 2. The van der Waals surface area contributed by atoms with Gasteiger partial charge in [0.1, 0.15) is 23.0 Å². The van der Waals surface area contributed by atoms with Crippen LogP contribution in [-0.2, 0) is 19.1 Å². The van der Waals surface area contributed by atoms with Gasteiger partial charge < -0.3 is 29.9 Å². The third kappa shape index (κ3) is 5.70. The van der Waals surface area contributed by atoms with E-state index in [4.69, 9.17) is 14.6 Å². The second kappa shape index (κ2) is 12.4. The van der Waals surface area contributed by atoms with Crippen LogP contribution in [-0.4, -0.2) is 67.4 Å². The van der Waals surface area contributed by atoms with Crippen molar-refractivity contribution in [1.82, 2.24) is 0 Å². The maximum Gasteiger partial charge on any atom is 0.335 e. The van der Waals surface area contributed by atoms with Crippen LogP contribution in [0.15, 0.2) is 77.8 Å². The van der Waals surface area contributed by atoms with E-state index in [1.54, 1.807) is 0 Å². The van der Waals surface area contributed by atoms with Gasteiger partial charge in [-0.15, -0.1) is 0 Å². The Labute approximate surface area is 269 Å². The smallest absolute Gasteiger partial charge is 0.335 e. The molecule has 4 aliphatic rings. The van der Waals surface area contributed by atoms with Crippen LogP contribution in [0, 0.1) is 23.7 Å². The Balaban J connectivity index is 0.000000194. The molecule has 0 aromatic heterocycles. The first-order chi connectivity index (χ1) is 22.6. The quantitative estimate of drug-likeness (QED) is 0.273. The van der Waals surface area contributed by atoms with Gasteiger partial charge in [-0.2, -0.15) is 0 Å². The number of fused-ring (bicyclic) bond motifs is 4. The van der Waals surface area contributed by atoms with Crippen molar-refractivity contribution < 1.29 is 68.3 Å². The van der Waals surface area contributed by atoms with Crippen molar-refractivity contribution in [3.63, 3.8) is 0 Å². The lowest BCUT2D eigenvalue weighted by molar-refractivity contribution is -0.137. The first kappa shape index (κ1) is 32.9. The normalized spacial score (nSPS) is 21.8. The van der Waals surface area contributed by atoms with Crippen LogP contribution in [0.2, 0.25) is 0 Å². The molecule has 14 heteroatoms. The fourth-order valence-corrected chi connectivity index (χ4v) is 5.98. The van der Waals surface area contributed by atoms with Gasteiger partial charge in [0.2, 0.25) is 0 Å². The Morgan fingerprint density at radius 1 is 0.729 bits per heavy atom. The number of hydrogen-bond acceptors (Lipinski definition) is 12. The summed E-state index contributed by atoms with van der Waals surface area (Å²) in [5.41, 5.74) is -0.965. The lowest BCUT2D eigenvalue weighted by atomic mass is 9.70. The number of aliphatic hydroxyl groups is 1. The molecule has 0 saturated carbocycles. The average Bonchev–Trinajstić information content (AvgIpc) is 3.01. The van der Waals surface area contributed by atoms with Crippen molar-refractivity contribution in [1.29, 1.82) is 0 Å². The number of Topliss-reactive ketones (excluding diaryl/α,β-unsaturated/α-hetero) is 4. The number of benzene rings is 2. The zero-order valence-corrected chi connectivity index (χ0v) is 25.0. The standard InChI is InChI=1S/C19H14O8.C15H10O6/c1-8(20)26-13-5-3-4-11-15(13)18(23)16-12(17(11)22)6-10(19(24)25)7-14(16)27-9(2)21;16-9-3-1-2-7-11(9)14(19)12-8(13(7)18)4-6(15(20)21)5-10(12)17/h3-7,11,15H,1-2H3,(H,24,25);1-5,8,12,16-17H,(H,20,21). The topological polar surface area (TPSA) is 236 Å². The molecule has 0 aliphatic heterocycles. The van der Waals surface area contributed by atoms with Gasteiger partial charge in [0.05, 0.1) is 45.9 Å². The van der Waals surface area contributed by atoms with E-state index >= 15 is 0 Å². The van der Waals surface area contributed by atoms with Crippen LogP contribution < -0.4 is 4.74 Å². The van der Waals surface area contributed by atoms with E-state index in [-0.39, 0.29) is 50.6 Å². The lowest BCUT2D eigenvalue weighted by Crippen LogP contribution is -2.39. The first-order valence-corrected chi connectivity index (χ1v) is 14.1. The highest BCUT2D eigenvalue weighted by molar-refractivity contribution is 6.20. The fraction of sp³-hybridized carbons (Fsp3) is 0.176. The Kier molecular flexibility index (Phi) is 8.51. The summed E-state index contributed by atoms with van der Waals surface area (Å²) in [6, 6.07) is 6.21. The molecule has 4 N–H and O–H groups in total. The van der Waals surface area contributed by atoms with Gasteiger partial charge in [-0.25, -0.2) is 9.59 Å². The summed E-state index contributed by atoms with van der Waals surface area (Å²) in [6.07, 6.45) is 6.51. The van der Waals surface area contributed by atoms with Gasteiger partial charge in [-0.1, -0.05) is 30.4 Å². The van der Waals surface area contributed by atoms with Crippen LogP contribution in [0.3, 0.4) is 0 Å². The fourth-order valence-electron chi connectivity index (χ4n) is 5.98. The molecule has 2 aromatic rings. The molecule has 244 valence electrons. The van der Waals surface area contributed by atoms with Crippen molar-refractivity contribution in [2.75, 3.05) is 0 Å². The molecule has 48 heavy (non-hydrogen) atoms. The Bertz CT molecular complexity index is 2010. The van der Waals surface area contributed by atoms with E-state index in [0.717, 1.165) is 25.1 Å². The number of allylic oxidation sites excluding steroid dienone is 6. The van der Waals surface area contributed by atoms with E-state index in [1.165, 1.54) is 49.4 Å². The number of carbonyl (C=O) groups excluding carboxylic acids is 6. The number of aliphatic hydroxyl groups excluding tert-OH is 1. The molecule has 4 atom stereocenters. The molecule has 0 radical (unpaired) electrons. The molecular weight excluding hydrogens is 632 g/mol. The number of carboxylic acid groups (broad SMARTS) is 2. The number of phenolic OH excluding ortho intramolecular Hbond substituents is 1. The predicted octanol–water partition coefficient (Wildman–Crippen LogP) is 3.41. The van der Waals surface area contributed by atoms with Gasteiger partial charge in [0.15, 0.2) is 23.1 Å². The third-order valence-corrected chi connectivity index (χ3v) is 7.93. The molecule has 0 fully saturated rings. The molecular formula is C34H24O14. The second-order valence-electron chi connectivity index (χ2n) is 11.0. The zero-order chi connectivity index (χ0) is 35.2. The predicted molar refractivity (Wildman–Crippen MR) is 160 cm³/mol. The molecule has 6 rings (SSSR count). The van der Waals surface area contributed by atoms with Crippen molar-refractivity contribution >= 4 is 47.0 Å². The molecule has 4 aliphatic carbocycles. The molecule has 0 spiro atoms. The zero-order valence-electron chi connectivity index (χ0n) is 25.0. The van der Waals surface area contributed by atoms with Gasteiger partial charge in [0.25, 0.3) is 0 Å². The maximum atomic E-state index is 13.1. The van der Waals surface area contributed by atoms with E-state index in [9.17, 15) is 53.7 Å². The minimum Gasteiger partial charge on any atom is -0.511 e. The number of aromatic hydroxyl groups is 1. The van der Waals surface area contributed by atoms with E-state index < -0.39 is 76.4 Å². The number of carbonyl (C=O) groups is 8. The van der Waals surface area contributed by atoms with Crippen LogP contribution in [0.5, 0.6) is 11.5 Å². The summed E-state index contributed by atoms with van der Waals surface area (Å²) in [6.45, 7) is 2.26. The first-order valence-electron chi connectivity index (χ1n) is 14.1. The average molecular weight is 657 g/mol. The van der Waals surface area contributed by atoms with Gasteiger partial charge in [-0.05, 0) is 30.4 Å². The highest BCUT2D eigenvalue weighted by Gasteiger charge is 2.47. The minimum atomic E-state index is -1.34. The summed E-state index contributed by atoms with van der Waals surface area (Å²) in [5.74, 6) is -11.7. The number of phenols is 1. The Morgan fingerprint density at radius 2 is 1.38 bits per heavy atom.